The van der Waals surface area contributed by atoms with E-state index in [1.807, 2.05) is 48.5 Å². The topological polar surface area (TPSA) is 106 Å². The Morgan fingerprint density at radius 2 is 1.39 bits per heavy atom. The number of carbonyl (C=O) groups excluding carboxylic acids is 2. The van der Waals surface area contributed by atoms with E-state index in [9.17, 15) is 19.7 Å². The van der Waals surface area contributed by atoms with Crippen molar-refractivity contribution < 1.29 is 18.9 Å². The zero-order valence-electron chi connectivity index (χ0n) is 19.7. The number of carbonyl (C=O) groups is 2. The van der Waals surface area contributed by atoms with Gasteiger partial charge in [0, 0.05) is 23.5 Å². The lowest BCUT2D eigenvalue weighted by Crippen LogP contribution is -2.41. The molecule has 1 fully saturated rings. The lowest BCUT2D eigenvalue weighted by molar-refractivity contribution is -0.384. The third-order valence-electron chi connectivity index (χ3n) is 7.78. The van der Waals surface area contributed by atoms with Crippen molar-refractivity contribution >= 4 is 35.3 Å². The van der Waals surface area contributed by atoms with E-state index in [1.165, 1.54) is 18.3 Å². The van der Waals surface area contributed by atoms with Crippen LogP contribution >= 0.6 is 11.6 Å². The lowest BCUT2D eigenvalue weighted by atomic mass is 9.55. The smallest absolute Gasteiger partial charge is 0.288 e. The van der Waals surface area contributed by atoms with E-state index >= 15 is 0 Å². The summed E-state index contributed by atoms with van der Waals surface area (Å²) < 4.78 is 5.78. The predicted molar refractivity (Wildman–Crippen MR) is 139 cm³/mol. The Hall–Kier alpha value is -4.56. The van der Waals surface area contributed by atoms with Crippen molar-refractivity contribution in [3.05, 3.63) is 122 Å². The zero-order valence-corrected chi connectivity index (χ0v) is 20.4. The maximum absolute atomic E-state index is 13.6. The quantitative estimate of drug-likeness (QED) is 0.147. The second-order valence-corrected chi connectivity index (χ2v) is 10.0. The van der Waals surface area contributed by atoms with Gasteiger partial charge in [-0.3, -0.25) is 19.7 Å². The van der Waals surface area contributed by atoms with E-state index in [0.717, 1.165) is 27.3 Å². The lowest BCUT2D eigenvalue weighted by Gasteiger charge is -2.45. The minimum atomic E-state index is -0.565. The Bertz CT molecular complexity index is 1590. The molecule has 3 aliphatic carbocycles. The molecular formula is C29H18ClN3O5. The van der Waals surface area contributed by atoms with Crippen LogP contribution in [0.3, 0.4) is 0 Å². The molecule has 0 unspecified atom stereocenters. The molecule has 4 aromatic rings. The van der Waals surface area contributed by atoms with Crippen LogP contribution in [-0.4, -0.2) is 28.0 Å². The van der Waals surface area contributed by atoms with Crippen molar-refractivity contribution in [1.82, 2.24) is 5.01 Å². The second-order valence-electron chi connectivity index (χ2n) is 9.62. The first-order valence-corrected chi connectivity index (χ1v) is 12.5. The van der Waals surface area contributed by atoms with Crippen LogP contribution in [0.15, 0.2) is 88.4 Å². The molecule has 186 valence electrons. The molecule has 3 aromatic carbocycles. The standard InChI is InChI=1S/C29H18ClN3O5/c30-21-11-9-15(13-22(21)33(36)37)23-12-10-16(38-23)14-31-32-28(34)26-24-17-5-1-2-6-18(17)25(27(26)29(32)35)20-8-4-3-7-19(20)24/h1-14,24-27H/b31-14-/t24?,25?,26-,27-/m0/s1. The minimum Gasteiger partial charge on any atom is -0.455 e. The molecule has 1 saturated heterocycles. The van der Waals surface area contributed by atoms with E-state index in [4.69, 9.17) is 16.0 Å². The first kappa shape index (κ1) is 22.6. The fourth-order valence-corrected chi connectivity index (χ4v) is 6.46. The highest BCUT2D eigenvalue weighted by atomic mass is 35.5. The Morgan fingerprint density at radius 1 is 0.842 bits per heavy atom. The van der Waals surface area contributed by atoms with Gasteiger partial charge in [-0.1, -0.05) is 60.1 Å². The van der Waals surface area contributed by atoms with Crippen molar-refractivity contribution in [2.45, 2.75) is 11.8 Å². The van der Waals surface area contributed by atoms with Crippen LogP contribution in [0.5, 0.6) is 0 Å². The average molecular weight is 524 g/mol. The number of rotatable bonds is 4. The minimum absolute atomic E-state index is 0.0258. The average Bonchev–Trinajstić information content (AvgIpc) is 3.50. The summed E-state index contributed by atoms with van der Waals surface area (Å²) in [5, 5.41) is 16.5. The number of furan rings is 1. The molecule has 1 aliphatic heterocycles. The molecular weight excluding hydrogens is 506 g/mol. The summed E-state index contributed by atoms with van der Waals surface area (Å²) in [6.07, 6.45) is 1.32. The van der Waals surface area contributed by atoms with Gasteiger partial charge in [0.2, 0.25) is 0 Å². The normalized spacial score (nSPS) is 23.0. The van der Waals surface area contributed by atoms with Crippen LogP contribution < -0.4 is 0 Å². The number of hydrazone groups is 1. The van der Waals surface area contributed by atoms with E-state index in [1.54, 1.807) is 18.2 Å². The van der Waals surface area contributed by atoms with Gasteiger partial charge < -0.3 is 4.42 Å². The molecule has 38 heavy (non-hydrogen) atoms. The number of nitro benzene ring substituents is 1. The summed E-state index contributed by atoms with van der Waals surface area (Å²) >= 11 is 5.91. The summed E-state index contributed by atoms with van der Waals surface area (Å²) in [6.45, 7) is 0. The van der Waals surface area contributed by atoms with Crippen LogP contribution in [-0.2, 0) is 9.59 Å². The van der Waals surface area contributed by atoms with Crippen LogP contribution in [0.1, 0.15) is 39.8 Å². The van der Waals surface area contributed by atoms with Crippen LogP contribution in [0, 0.1) is 22.0 Å². The van der Waals surface area contributed by atoms with Gasteiger partial charge in [-0.15, -0.1) is 0 Å². The maximum atomic E-state index is 13.6. The molecule has 2 atom stereocenters. The van der Waals surface area contributed by atoms with Gasteiger partial charge in [0.05, 0.1) is 23.0 Å². The maximum Gasteiger partial charge on any atom is 0.288 e. The summed E-state index contributed by atoms with van der Waals surface area (Å²) in [5.41, 5.74) is 4.61. The van der Waals surface area contributed by atoms with E-state index in [2.05, 4.69) is 5.10 Å². The number of hydrogen-bond donors (Lipinski definition) is 0. The number of hydrogen-bond acceptors (Lipinski definition) is 6. The Kier molecular flexibility index (Phi) is 4.90. The third kappa shape index (κ3) is 3.13. The highest BCUT2D eigenvalue weighted by Gasteiger charge is 2.61. The van der Waals surface area contributed by atoms with Gasteiger partial charge in [0.1, 0.15) is 16.5 Å². The molecule has 2 amide bonds. The monoisotopic (exact) mass is 523 g/mol. The van der Waals surface area contributed by atoms with E-state index in [-0.39, 0.29) is 34.4 Å². The van der Waals surface area contributed by atoms with E-state index in [0.29, 0.717) is 17.1 Å². The highest BCUT2D eigenvalue weighted by Crippen LogP contribution is 2.60. The zero-order chi connectivity index (χ0) is 26.1. The molecule has 0 N–H and O–H groups in total. The first-order valence-electron chi connectivity index (χ1n) is 12.1. The van der Waals surface area contributed by atoms with Gasteiger partial charge in [0.25, 0.3) is 17.5 Å². The van der Waals surface area contributed by atoms with Crippen LogP contribution in [0.2, 0.25) is 5.02 Å². The molecule has 2 heterocycles. The molecule has 8 nitrogen and oxygen atoms in total. The summed E-state index contributed by atoms with van der Waals surface area (Å²) in [7, 11) is 0. The number of nitrogens with zero attached hydrogens (tertiary/aromatic N) is 3. The van der Waals surface area contributed by atoms with Crippen molar-refractivity contribution in [2.24, 2.45) is 16.9 Å². The molecule has 2 bridgehead atoms. The van der Waals surface area contributed by atoms with E-state index < -0.39 is 16.8 Å². The van der Waals surface area contributed by atoms with Crippen molar-refractivity contribution in [3.63, 3.8) is 0 Å². The molecule has 0 saturated carbocycles. The van der Waals surface area contributed by atoms with Crippen LogP contribution in [0.4, 0.5) is 5.69 Å². The van der Waals surface area contributed by atoms with Crippen molar-refractivity contribution in [2.75, 3.05) is 0 Å². The van der Waals surface area contributed by atoms with Gasteiger partial charge in [-0.05, 0) is 46.5 Å². The Balaban J connectivity index is 1.21. The molecule has 8 rings (SSSR count). The molecule has 0 radical (unpaired) electrons. The predicted octanol–water partition coefficient (Wildman–Crippen LogP) is 5.73. The second kappa shape index (κ2) is 8.22. The fourth-order valence-electron chi connectivity index (χ4n) is 6.27. The highest BCUT2D eigenvalue weighted by molar-refractivity contribution is 6.32. The van der Waals surface area contributed by atoms with Crippen molar-refractivity contribution in [3.8, 4) is 11.3 Å². The van der Waals surface area contributed by atoms with Gasteiger partial charge >= 0.3 is 0 Å². The van der Waals surface area contributed by atoms with Gasteiger partial charge in [0.15, 0.2) is 0 Å². The fraction of sp³-hybridized carbons (Fsp3) is 0.138. The summed E-state index contributed by atoms with van der Waals surface area (Å²) in [5.74, 6) is -1.43. The Labute approximate surface area is 221 Å². The summed E-state index contributed by atoms with van der Waals surface area (Å²) in [4.78, 5) is 37.9. The summed E-state index contributed by atoms with van der Waals surface area (Å²) in [6, 6.07) is 23.7. The van der Waals surface area contributed by atoms with Crippen molar-refractivity contribution in [1.29, 1.82) is 0 Å². The molecule has 4 aliphatic rings. The largest absolute Gasteiger partial charge is 0.455 e. The van der Waals surface area contributed by atoms with Gasteiger partial charge in [-0.25, -0.2) is 0 Å². The number of benzene rings is 3. The Morgan fingerprint density at radius 3 is 1.92 bits per heavy atom. The number of nitro groups is 1. The molecule has 0 spiro atoms. The van der Waals surface area contributed by atoms with Gasteiger partial charge in [-0.2, -0.15) is 10.1 Å². The molecule has 1 aromatic heterocycles. The first-order chi connectivity index (χ1) is 18.4. The number of halogens is 1. The number of imide groups is 1. The SMILES string of the molecule is O=C1[C@H]2C3c4ccccc4C(c4ccccc43)[C@@H]2C(=O)N1/N=C\c1ccc(-c2ccc(Cl)c([N+](=O)[O-])c2)o1. The van der Waals surface area contributed by atoms with Crippen LogP contribution in [0.25, 0.3) is 11.3 Å². The number of amides is 2. The molecule has 9 heteroatoms. The third-order valence-corrected chi connectivity index (χ3v) is 8.10.